The zero-order valence-electron chi connectivity index (χ0n) is 7.62. The van der Waals surface area contributed by atoms with Crippen LogP contribution in [0.3, 0.4) is 0 Å². The van der Waals surface area contributed by atoms with Gasteiger partial charge in [-0.05, 0) is 38.3 Å². The Labute approximate surface area is 77.1 Å². The third-order valence-electron chi connectivity index (χ3n) is 2.06. The molecule has 68 valence electrons. The Bertz CT molecular complexity index is 309. The second-order valence-corrected chi connectivity index (χ2v) is 3.20. The van der Waals surface area contributed by atoms with Gasteiger partial charge < -0.3 is 0 Å². The van der Waals surface area contributed by atoms with Crippen LogP contribution < -0.4 is 5.43 Å². The highest BCUT2D eigenvalue weighted by molar-refractivity contribution is 5.89. The van der Waals surface area contributed by atoms with Crippen LogP contribution in [0.15, 0.2) is 17.2 Å². The second-order valence-electron chi connectivity index (χ2n) is 3.20. The van der Waals surface area contributed by atoms with Crippen molar-refractivity contribution in [3.8, 4) is 0 Å². The molecule has 0 aliphatic heterocycles. The Morgan fingerprint density at radius 2 is 2.15 bits per heavy atom. The number of aryl methyl sites for hydroxylation is 1. The molecule has 0 saturated heterocycles. The van der Waals surface area contributed by atoms with E-state index in [-0.39, 0.29) is 0 Å². The fourth-order valence-electron chi connectivity index (χ4n) is 1.04. The van der Waals surface area contributed by atoms with Gasteiger partial charge in [0, 0.05) is 5.71 Å². The molecule has 1 fully saturated rings. The van der Waals surface area contributed by atoms with Crippen molar-refractivity contribution in [2.75, 3.05) is 5.43 Å². The standard InChI is InChI=1S/C9H12N4/c1-7-5-6-9(12-10-7)13-11-8-3-2-4-8/h5-6H,2-4H2,1H3,(H,12,13). The normalized spacial score (nSPS) is 15.0. The van der Waals surface area contributed by atoms with Gasteiger partial charge in [0.05, 0.1) is 5.69 Å². The largest absolute Gasteiger partial charge is 0.260 e. The molecule has 0 aromatic carbocycles. The predicted octanol–water partition coefficient (Wildman–Crippen LogP) is 1.74. The zero-order chi connectivity index (χ0) is 9.10. The minimum atomic E-state index is 0.713. The number of nitrogens with zero attached hydrogens (tertiary/aromatic N) is 3. The fraction of sp³-hybridized carbons (Fsp3) is 0.444. The Kier molecular flexibility index (Phi) is 2.21. The van der Waals surface area contributed by atoms with E-state index >= 15 is 0 Å². The van der Waals surface area contributed by atoms with Crippen LogP contribution in [0.25, 0.3) is 0 Å². The monoisotopic (exact) mass is 176 g/mol. The molecular formula is C9H12N4. The van der Waals surface area contributed by atoms with Gasteiger partial charge in [0.25, 0.3) is 0 Å². The summed E-state index contributed by atoms with van der Waals surface area (Å²) in [7, 11) is 0. The first-order chi connectivity index (χ1) is 6.34. The smallest absolute Gasteiger partial charge is 0.168 e. The first-order valence-electron chi connectivity index (χ1n) is 4.46. The van der Waals surface area contributed by atoms with Crippen LogP contribution in [-0.4, -0.2) is 15.9 Å². The van der Waals surface area contributed by atoms with Crippen LogP contribution in [-0.2, 0) is 0 Å². The molecule has 13 heavy (non-hydrogen) atoms. The zero-order valence-corrected chi connectivity index (χ0v) is 7.62. The molecule has 2 rings (SSSR count). The van der Waals surface area contributed by atoms with Crippen molar-refractivity contribution >= 4 is 11.5 Å². The molecule has 0 unspecified atom stereocenters. The van der Waals surface area contributed by atoms with Gasteiger partial charge in [-0.25, -0.2) is 0 Å². The van der Waals surface area contributed by atoms with E-state index in [0.717, 1.165) is 18.5 Å². The van der Waals surface area contributed by atoms with Crippen molar-refractivity contribution < 1.29 is 0 Å². The molecule has 4 nitrogen and oxygen atoms in total. The van der Waals surface area contributed by atoms with Crippen LogP contribution in [0.5, 0.6) is 0 Å². The Balaban J connectivity index is 1.97. The van der Waals surface area contributed by atoms with Crippen LogP contribution >= 0.6 is 0 Å². The second kappa shape index (κ2) is 3.51. The third-order valence-corrected chi connectivity index (χ3v) is 2.06. The Morgan fingerprint density at radius 3 is 2.69 bits per heavy atom. The Hall–Kier alpha value is -1.45. The summed E-state index contributed by atoms with van der Waals surface area (Å²) in [5.41, 5.74) is 5.03. The summed E-state index contributed by atoms with van der Waals surface area (Å²) in [4.78, 5) is 0. The van der Waals surface area contributed by atoms with Crippen molar-refractivity contribution in [2.45, 2.75) is 26.2 Å². The molecule has 0 spiro atoms. The van der Waals surface area contributed by atoms with Gasteiger partial charge in [-0.3, -0.25) is 5.43 Å². The van der Waals surface area contributed by atoms with Crippen LogP contribution in [0.4, 0.5) is 5.82 Å². The molecule has 4 heteroatoms. The maximum atomic E-state index is 4.19. The van der Waals surface area contributed by atoms with E-state index in [4.69, 9.17) is 0 Å². The predicted molar refractivity (Wildman–Crippen MR) is 51.7 cm³/mol. The molecule has 1 aliphatic carbocycles. The van der Waals surface area contributed by atoms with Gasteiger partial charge in [-0.1, -0.05) is 0 Å². The lowest BCUT2D eigenvalue weighted by molar-refractivity contribution is 0.797. The fourth-order valence-corrected chi connectivity index (χ4v) is 1.04. The number of hydrogen-bond donors (Lipinski definition) is 1. The summed E-state index contributed by atoms with van der Waals surface area (Å²) < 4.78 is 0. The summed E-state index contributed by atoms with van der Waals surface area (Å²) in [5, 5.41) is 12.1. The molecule has 0 amide bonds. The van der Waals surface area contributed by atoms with Gasteiger partial charge in [0.15, 0.2) is 5.82 Å². The molecule has 1 saturated carbocycles. The lowest BCUT2D eigenvalue weighted by Gasteiger charge is -2.13. The van der Waals surface area contributed by atoms with Crippen molar-refractivity contribution in [1.29, 1.82) is 0 Å². The average molecular weight is 176 g/mol. The summed E-state index contributed by atoms with van der Waals surface area (Å²) in [5.74, 6) is 0.713. The van der Waals surface area contributed by atoms with Crippen molar-refractivity contribution in [1.82, 2.24) is 10.2 Å². The van der Waals surface area contributed by atoms with E-state index in [0.29, 0.717) is 5.82 Å². The van der Waals surface area contributed by atoms with E-state index in [9.17, 15) is 0 Å². The maximum absolute atomic E-state index is 4.19. The van der Waals surface area contributed by atoms with Gasteiger partial charge in [0.1, 0.15) is 0 Å². The summed E-state index contributed by atoms with van der Waals surface area (Å²) in [6.45, 7) is 1.91. The molecule has 0 radical (unpaired) electrons. The first kappa shape index (κ1) is 8.16. The van der Waals surface area contributed by atoms with Crippen LogP contribution in [0, 0.1) is 6.92 Å². The van der Waals surface area contributed by atoms with E-state index < -0.39 is 0 Å². The van der Waals surface area contributed by atoms with Gasteiger partial charge >= 0.3 is 0 Å². The molecule has 1 N–H and O–H groups in total. The molecular weight excluding hydrogens is 164 g/mol. The molecule has 1 heterocycles. The highest BCUT2D eigenvalue weighted by Gasteiger charge is 2.09. The van der Waals surface area contributed by atoms with Crippen LogP contribution in [0.1, 0.15) is 25.0 Å². The number of hydrazone groups is 1. The molecule has 1 aromatic rings. The maximum Gasteiger partial charge on any atom is 0.168 e. The number of aromatic nitrogens is 2. The summed E-state index contributed by atoms with van der Waals surface area (Å²) >= 11 is 0. The van der Waals surface area contributed by atoms with E-state index in [2.05, 4.69) is 20.7 Å². The molecule has 0 bridgehead atoms. The third kappa shape index (κ3) is 2.02. The SMILES string of the molecule is Cc1ccc(NN=C2CCC2)nn1. The molecule has 0 atom stereocenters. The number of hydrogen-bond acceptors (Lipinski definition) is 4. The summed E-state index contributed by atoms with van der Waals surface area (Å²) in [6.07, 6.45) is 3.50. The van der Waals surface area contributed by atoms with E-state index in [1.165, 1.54) is 12.1 Å². The highest BCUT2D eigenvalue weighted by Crippen LogP contribution is 2.14. The average Bonchev–Trinajstić information content (AvgIpc) is 2.05. The minimum Gasteiger partial charge on any atom is -0.260 e. The molecule has 1 aromatic heterocycles. The lowest BCUT2D eigenvalue weighted by atomic mass is 9.98. The molecule has 1 aliphatic rings. The van der Waals surface area contributed by atoms with E-state index in [1.807, 2.05) is 19.1 Å². The number of nitrogens with one attached hydrogen (secondary N) is 1. The van der Waals surface area contributed by atoms with Crippen molar-refractivity contribution in [3.05, 3.63) is 17.8 Å². The first-order valence-corrected chi connectivity index (χ1v) is 4.46. The lowest BCUT2D eigenvalue weighted by Crippen LogP contribution is -2.12. The topological polar surface area (TPSA) is 50.2 Å². The Morgan fingerprint density at radius 1 is 1.31 bits per heavy atom. The van der Waals surface area contributed by atoms with E-state index in [1.54, 1.807) is 0 Å². The van der Waals surface area contributed by atoms with Gasteiger partial charge in [-0.2, -0.15) is 10.2 Å². The van der Waals surface area contributed by atoms with Gasteiger partial charge in [-0.15, -0.1) is 5.10 Å². The number of anilines is 1. The quantitative estimate of drug-likeness (QED) is 0.698. The highest BCUT2D eigenvalue weighted by atomic mass is 15.3. The number of rotatable bonds is 2. The van der Waals surface area contributed by atoms with Crippen molar-refractivity contribution in [3.63, 3.8) is 0 Å². The summed E-state index contributed by atoms with van der Waals surface area (Å²) in [6, 6.07) is 3.79. The minimum absolute atomic E-state index is 0.713. The van der Waals surface area contributed by atoms with Crippen molar-refractivity contribution in [2.24, 2.45) is 5.10 Å². The van der Waals surface area contributed by atoms with Gasteiger partial charge in [0.2, 0.25) is 0 Å². The van der Waals surface area contributed by atoms with Crippen LogP contribution in [0.2, 0.25) is 0 Å².